The van der Waals surface area contributed by atoms with Crippen LogP contribution in [0.15, 0.2) is 59.7 Å². The fourth-order valence-electron chi connectivity index (χ4n) is 4.15. The van der Waals surface area contributed by atoms with Gasteiger partial charge in [0, 0.05) is 25.5 Å². The minimum atomic E-state index is -0.793. The van der Waals surface area contributed by atoms with Crippen LogP contribution in [-0.4, -0.2) is 51.7 Å². The van der Waals surface area contributed by atoms with Crippen molar-refractivity contribution in [3.8, 4) is 17.2 Å². The van der Waals surface area contributed by atoms with Crippen molar-refractivity contribution in [2.24, 2.45) is 0 Å². The van der Waals surface area contributed by atoms with Crippen LogP contribution in [-0.2, 0) is 11.3 Å². The molecule has 0 fully saturated rings. The van der Waals surface area contributed by atoms with Gasteiger partial charge < -0.3 is 28.8 Å². The van der Waals surface area contributed by atoms with E-state index in [2.05, 4.69) is 4.98 Å². The number of carbonyl (C=O) groups is 2. The fraction of sp³-hybridized carbons (Fsp3) is 0.261. The van der Waals surface area contributed by atoms with Gasteiger partial charge in [0.1, 0.15) is 0 Å². The first-order chi connectivity index (χ1) is 16.1. The van der Waals surface area contributed by atoms with Crippen molar-refractivity contribution in [1.82, 2.24) is 14.5 Å². The maximum Gasteiger partial charge on any atom is 0.290 e. The number of benzene rings is 1. The van der Waals surface area contributed by atoms with Crippen LogP contribution < -0.4 is 14.2 Å². The van der Waals surface area contributed by atoms with Crippen molar-refractivity contribution in [2.45, 2.75) is 19.0 Å². The second-order valence-corrected chi connectivity index (χ2v) is 8.53. The average molecular weight is 468 g/mol. The van der Waals surface area contributed by atoms with Crippen molar-refractivity contribution in [3.05, 3.63) is 70.1 Å². The maximum absolute atomic E-state index is 13.4. The predicted octanol–water partition coefficient (Wildman–Crippen LogP) is 3.35. The van der Waals surface area contributed by atoms with Crippen molar-refractivity contribution >= 4 is 23.0 Å². The van der Waals surface area contributed by atoms with E-state index in [0.717, 1.165) is 0 Å². The summed E-state index contributed by atoms with van der Waals surface area (Å²) < 4.78 is 18.4. The lowest BCUT2D eigenvalue weighted by Crippen LogP contribution is -2.32. The van der Waals surface area contributed by atoms with Gasteiger partial charge in [0.25, 0.3) is 5.91 Å². The van der Waals surface area contributed by atoms with Gasteiger partial charge in [-0.3, -0.25) is 9.59 Å². The van der Waals surface area contributed by atoms with Crippen LogP contribution in [0.1, 0.15) is 27.7 Å². The number of Topliss-reactive ketones (excluding diaryl/α,β-unsaturated/α-hetero) is 1. The van der Waals surface area contributed by atoms with Gasteiger partial charge in [-0.15, -0.1) is 11.3 Å². The van der Waals surface area contributed by atoms with Gasteiger partial charge >= 0.3 is 0 Å². The molecule has 4 heterocycles. The van der Waals surface area contributed by atoms with E-state index in [1.807, 2.05) is 10.8 Å². The Labute approximate surface area is 193 Å². The molecule has 2 aliphatic rings. The Morgan fingerprint density at radius 3 is 2.94 bits per heavy atom. The molecule has 5 rings (SSSR count). The highest BCUT2D eigenvalue weighted by Gasteiger charge is 2.44. The number of ether oxygens (including phenoxy) is 3. The molecule has 0 saturated carbocycles. The average Bonchev–Trinajstić information content (AvgIpc) is 3.62. The first-order valence-electron chi connectivity index (χ1n) is 10.3. The Morgan fingerprint density at radius 1 is 1.33 bits per heavy atom. The van der Waals surface area contributed by atoms with Gasteiger partial charge in [-0.1, -0.05) is 6.07 Å². The zero-order valence-electron chi connectivity index (χ0n) is 17.8. The largest absolute Gasteiger partial charge is 0.503 e. The van der Waals surface area contributed by atoms with Crippen molar-refractivity contribution in [1.29, 1.82) is 0 Å². The van der Waals surface area contributed by atoms with Crippen molar-refractivity contribution < 1.29 is 28.9 Å². The van der Waals surface area contributed by atoms with Gasteiger partial charge in [-0.2, -0.15) is 0 Å². The lowest BCUT2D eigenvalue weighted by molar-refractivity contribution is -0.129. The van der Waals surface area contributed by atoms with Crippen molar-refractivity contribution in [3.63, 3.8) is 0 Å². The van der Waals surface area contributed by atoms with E-state index >= 15 is 0 Å². The molecule has 0 bridgehead atoms. The summed E-state index contributed by atoms with van der Waals surface area (Å²) in [6.45, 7) is 1.01. The Bertz CT molecular complexity index is 1220. The summed E-state index contributed by atoms with van der Waals surface area (Å²) in [4.78, 5) is 32.5. The number of carbonyl (C=O) groups excluding carboxylic acids is 2. The SMILES string of the molecule is COc1cc([C@H]2C(C(=O)c3cccs3)=C(O)C(=O)N2CCCn2ccnc2)cc2c1OCO2. The number of imidazole rings is 1. The van der Waals surface area contributed by atoms with E-state index in [1.165, 1.54) is 23.3 Å². The molecule has 0 saturated heterocycles. The molecule has 1 N–H and O–H groups in total. The third-order valence-corrected chi connectivity index (χ3v) is 6.53. The highest BCUT2D eigenvalue weighted by molar-refractivity contribution is 7.12. The first kappa shape index (κ1) is 21.1. The second kappa shape index (κ2) is 8.62. The standard InChI is InChI=1S/C23H21N3O6S/c1-30-15-10-14(11-16-22(15)32-13-31-16)19-18(20(27)17-4-2-9-33-17)21(28)23(29)26(19)7-3-6-25-8-5-24-12-25/h2,4-5,8-12,19,28H,3,6-7,13H2,1H3/t19-/m0/s1. The molecule has 0 aliphatic carbocycles. The molecule has 10 heteroatoms. The van der Waals surface area contributed by atoms with Gasteiger partial charge in [-0.25, -0.2) is 4.98 Å². The molecular weight excluding hydrogens is 446 g/mol. The second-order valence-electron chi connectivity index (χ2n) is 7.58. The quantitative estimate of drug-likeness (QED) is 0.507. The van der Waals surface area contributed by atoms with E-state index in [-0.39, 0.29) is 18.1 Å². The van der Waals surface area contributed by atoms with Gasteiger partial charge in [-0.05, 0) is 35.6 Å². The molecule has 0 unspecified atom stereocenters. The fourth-order valence-corrected chi connectivity index (χ4v) is 4.83. The number of ketones is 1. The van der Waals surface area contributed by atoms with E-state index in [1.54, 1.807) is 42.2 Å². The number of hydrogen-bond donors (Lipinski definition) is 1. The first-order valence-corrected chi connectivity index (χ1v) is 11.2. The van der Waals surface area contributed by atoms with Crippen LogP contribution in [0.2, 0.25) is 0 Å². The van der Waals surface area contributed by atoms with E-state index in [4.69, 9.17) is 14.2 Å². The number of nitrogens with zero attached hydrogens (tertiary/aromatic N) is 3. The van der Waals surface area contributed by atoms with Crippen LogP contribution >= 0.6 is 11.3 Å². The third-order valence-electron chi connectivity index (χ3n) is 5.66. The molecule has 2 aliphatic heterocycles. The highest BCUT2D eigenvalue weighted by Crippen LogP contribution is 2.47. The Balaban J connectivity index is 1.54. The topological polar surface area (TPSA) is 103 Å². The number of rotatable bonds is 8. The smallest absolute Gasteiger partial charge is 0.290 e. The van der Waals surface area contributed by atoms with Crippen LogP contribution in [0.25, 0.3) is 0 Å². The molecule has 170 valence electrons. The molecule has 9 nitrogen and oxygen atoms in total. The van der Waals surface area contributed by atoms with Crippen LogP contribution in [0.4, 0.5) is 0 Å². The van der Waals surface area contributed by atoms with E-state index in [9.17, 15) is 14.7 Å². The molecule has 3 aromatic rings. The van der Waals surface area contributed by atoms with Gasteiger partial charge in [0.15, 0.2) is 17.3 Å². The third kappa shape index (κ3) is 3.72. The Hall–Kier alpha value is -3.79. The monoisotopic (exact) mass is 467 g/mol. The highest BCUT2D eigenvalue weighted by atomic mass is 32.1. The maximum atomic E-state index is 13.4. The van der Waals surface area contributed by atoms with E-state index in [0.29, 0.717) is 47.2 Å². The number of aromatic nitrogens is 2. The summed E-state index contributed by atoms with van der Waals surface area (Å²) in [6, 6.07) is 6.09. The number of aliphatic hydroxyl groups is 1. The number of aliphatic hydroxyl groups excluding tert-OH is 1. The van der Waals surface area contributed by atoms with E-state index < -0.39 is 17.7 Å². The molecule has 0 spiro atoms. The molecule has 1 aromatic carbocycles. The number of aryl methyl sites for hydroxylation is 1. The molecule has 2 aromatic heterocycles. The van der Waals surface area contributed by atoms with Crippen LogP contribution in [0.5, 0.6) is 17.2 Å². The molecule has 0 radical (unpaired) electrons. The number of amides is 1. The minimum Gasteiger partial charge on any atom is -0.503 e. The lowest BCUT2D eigenvalue weighted by atomic mass is 9.94. The number of thiophene rings is 1. The Morgan fingerprint density at radius 2 is 2.21 bits per heavy atom. The predicted molar refractivity (Wildman–Crippen MR) is 119 cm³/mol. The summed E-state index contributed by atoms with van der Waals surface area (Å²) in [5, 5.41) is 12.6. The molecular formula is C23H21N3O6S. The summed E-state index contributed by atoms with van der Waals surface area (Å²) in [6.07, 6.45) is 5.84. The van der Waals surface area contributed by atoms with Crippen molar-refractivity contribution in [2.75, 3.05) is 20.4 Å². The minimum absolute atomic E-state index is 0.0472. The lowest BCUT2D eigenvalue weighted by Gasteiger charge is -2.27. The van der Waals surface area contributed by atoms with Crippen LogP contribution in [0, 0.1) is 0 Å². The molecule has 1 amide bonds. The summed E-state index contributed by atoms with van der Waals surface area (Å²) in [7, 11) is 1.51. The number of hydrogen-bond acceptors (Lipinski definition) is 8. The van der Waals surface area contributed by atoms with Crippen LogP contribution in [0.3, 0.4) is 0 Å². The zero-order valence-corrected chi connectivity index (χ0v) is 18.6. The Kier molecular flexibility index (Phi) is 5.51. The van der Waals surface area contributed by atoms with Gasteiger partial charge in [0.2, 0.25) is 18.3 Å². The summed E-state index contributed by atoms with van der Waals surface area (Å²) >= 11 is 1.26. The van der Waals surface area contributed by atoms with Gasteiger partial charge in [0.05, 0.1) is 29.9 Å². The number of fused-ring (bicyclic) bond motifs is 1. The summed E-state index contributed by atoms with van der Waals surface area (Å²) in [5.41, 5.74) is 0.641. The molecule has 1 atom stereocenters. The molecule has 33 heavy (non-hydrogen) atoms. The normalized spacial score (nSPS) is 17.2. The summed E-state index contributed by atoms with van der Waals surface area (Å²) in [5.74, 6) is -0.129. The number of methoxy groups -OCH3 is 1. The zero-order chi connectivity index (χ0) is 22.9.